The van der Waals surface area contributed by atoms with Crippen molar-refractivity contribution in [3.05, 3.63) is 23.8 Å². The maximum atomic E-state index is 12.7. The zero-order chi connectivity index (χ0) is 19.0. The van der Waals surface area contributed by atoms with Crippen molar-refractivity contribution in [3.8, 4) is 0 Å². The predicted octanol–water partition coefficient (Wildman–Crippen LogP) is 3.55. The van der Waals surface area contributed by atoms with Crippen LogP contribution in [0.3, 0.4) is 0 Å². The Morgan fingerprint density at radius 3 is 2.00 bits per heavy atom. The van der Waals surface area contributed by atoms with E-state index >= 15 is 0 Å². The van der Waals surface area contributed by atoms with Crippen molar-refractivity contribution in [1.29, 1.82) is 0 Å². The molecule has 0 N–H and O–H groups in total. The Balaban J connectivity index is 2.53. The number of fused-ring (bicyclic) bond motifs is 1. The fraction of sp³-hybridized carbons (Fsp3) is 0.529. The van der Waals surface area contributed by atoms with Gasteiger partial charge < -0.3 is 9.47 Å². The normalized spacial score (nSPS) is 12.1. The van der Waals surface area contributed by atoms with Gasteiger partial charge in [0, 0.05) is 0 Å². The summed E-state index contributed by atoms with van der Waals surface area (Å²) in [6.45, 7) is 12.1. The molecule has 8 nitrogen and oxygen atoms in total. The van der Waals surface area contributed by atoms with Gasteiger partial charge in [-0.05, 0) is 65.3 Å². The highest BCUT2D eigenvalue weighted by atomic mass is 16.6. The van der Waals surface area contributed by atoms with E-state index in [1.54, 1.807) is 47.6 Å². The van der Waals surface area contributed by atoms with Gasteiger partial charge in [0.15, 0.2) is 0 Å². The van der Waals surface area contributed by atoms with Crippen molar-refractivity contribution >= 4 is 23.2 Å². The molecule has 0 fully saturated rings. The quantitative estimate of drug-likeness (QED) is 0.783. The number of ether oxygens (including phenoxy) is 2. The average molecular weight is 348 g/mol. The Morgan fingerprint density at radius 2 is 1.52 bits per heavy atom. The number of aromatic nitrogens is 3. The lowest BCUT2D eigenvalue weighted by molar-refractivity contribution is 0.0361. The molecule has 8 heteroatoms. The van der Waals surface area contributed by atoms with Gasteiger partial charge in [-0.3, -0.25) is 0 Å². The molecule has 0 bridgehead atoms. The van der Waals surface area contributed by atoms with E-state index < -0.39 is 23.4 Å². The van der Waals surface area contributed by atoms with Gasteiger partial charge in [0.2, 0.25) is 0 Å². The maximum Gasteiger partial charge on any atom is 0.441 e. The van der Waals surface area contributed by atoms with E-state index in [2.05, 4.69) is 10.3 Å². The number of imide groups is 1. The minimum absolute atomic E-state index is 0.527. The Kier molecular flexibility index (Phi) is 4.74. The molecule has 2 amide bonds. The van der Waals surface area contributed by atoms with Crippen LogP contribution in [0.4, 0.5) is 9.59 Å². The molecular formula is C17H24N4O4. The fourth-order valence-electron chi connectivity index (χ4n) is 2.10. The number of amides is 2. The highest BCUT2D eigenvalue weighted by Gasteiger charge is 2.35. The SMILES string of the molecule is Cc1cccc2nnn(N(C(=O)OC(C)(C)C)C(=O)OC(C)(C)C)c12. The van der Waals surface area contributed by atoms with Crippen LogP contribution < -0.4 is 5.01 Å². The number of hydrogen-bond donors (Lipinski definition) is 0. The minimum Gasteiger partial charge on any atom is -0.442 e. The maximum absolute atomic E-state index is 12.7. The molecule has 0 aliphatic carbocycles. The molecule has 0 saturated heterocycles. The van der Waals surface area contributed by atoms with Crippen LogP contribution in [0.1, 0.15) is 47.1 Å². The van der Waals surface area contributed by atoms with Crippen molar-refractivity contribution in [1.82, 2.24) is 15.1 Å². The first-order valence-electron chi connectivity index (χ1n) is 7.96. The third kappa shape index (κ3) is 4.46. The molecule has 0 unspecified atom stereocenters. The van der Waals surface area contributed by atoms with E-state index in [1.165, 1.54) is 0 Å². The zero-order valence-corrected chi connectivity index (χ0v) is 15.7. The number of benzene rings is 1. The largest absolute Gasteiger partial charge is 0.442 e. The third-order valence-corrected chi connectivity index (χ3v) is 2.98. The Morgan fingerprint density at radius 1 is 1.00 bits per heavy atom. The Bertz CT molecular complexity index is 771. The van der Waals surface area contributed by atoms with E-state index in [4.69, 9.17) is 9.47 Å². The molecule has 1 heterocycles. The summed E-state index contributed by atoms with van der Waals surface area (Å²) in [5.41, 5.74) is 0.307. The van der Waals surface area contributed by atoms with Crippen LogP contribution in [0, 0.1) is 6.92 Å². The molecule has 136 valence electrons. The Labute approximate surface area is 146 Å². The fourth-order valence-corrected chi connectivity index (χ4v) is 2.10. The second-order valence-corrected chi connectivity index (χ2v) is 7.69. The summed E-state index contributed by atoms with van der Waals surface area (Å²) < 4.78 is 10.7. The predicted molar refractivity (Wildman–Crippen MR) is 93.0 cm³/mol. The summed E-state index contributed by atoms with van der Waals surface area (Å²) in [6.07, 6.45) is -1.78. The molecule has 0 atom stereocenters. The smallest absolute Gasteiger partial charge is 0.441 e. The number of aryl methyl sites for hydroxylation is 1. The van der Waals surface area contributed by atoms with Crippen LogP contribution >= 0.6 is 0 Å². The lowest BCUT2D eigenvalue weighted by Crippen LogP contribution is -2.50. The highest BCUT2D eigenvalue weighted by Crippen LogP contribution is 2.19. The second kappa shape index (κ2) is 6.34. The van der Waals surface area contributed by atoms with Crippen molar-refractivity contribution in [2.75, 3.05) is 5.01 Å². The number of hydrogen-bond acceptors (Lipinski definition) is 6. The van der Waals surface area contributed by atoms with Gasteiger partial charge in [0.05, 0.1) is 0 Å². The van der Waals surface area contributed by atoms with Gasteiger partial charge in [0.1, 0.15) is 22.2 Å². The molecule has 0 radical (unpaired) electrons. The summed E-state index contributed by atoms with van der Waals surface area (Å²) in [7, 11) is 0. The first-order valence-corrected chi connectivity index (χ1v) is 7.96. The second-order valence-electron chi connectivity index (χ2n) is 7.69. The molecule has 1 aromatic heterocycles. The van der Waals surface area contributed by atoms with E-state index in [0.717, 1.165) is 15.4 Å². The molecular weight excluding hydrogens is 324 g/mol. The van der Waals surface area contributed by atoms with Crippen LogP contribution in [0.25, 0.3) is 11.0 Å². The number of carbonyl (C=O) groups is 2. The van der Waals surface area contributed by atoms with E-state index in [9.17, 15) is 9.59 Å². The molecule has 0 aliphatic rings. The molecule has 25 heavy (non-hydrogen) atoms. The number of para-hydroxylation sites is 1. The molecule has 2 aromatic rings. The van der Waals surface area contributed by atoms with Gasteiger partial charge in [-0.25, -0.2) is 9.59 Å². The van der Waals surface area contributed by atoms with Gasteiger partial charge in [-0.15, -0.1) is 9.89 Å². The molecule has 2 rings (SSSR count). The Hall–Kier alpha value is -2.64. The third-order valence-electron chi connectivity index (χ3n) is 2.98. The van der Waals surface area contributed by atoms with Crippen molar-refractivity contribution in [3.63, 3.8) is 0 Å². The highest BCUT2D eigenvalue weighted by molar-refractivity contribution is 6.03. The summed E-state index contributed by atoms with van der Waals surface area (Å²) >= 11 is 0. The molecule has 1 aromatic carbocycles. The van der Waals surface area contributed by atoms with E-state index in [0.29, 0.717) is 11.0 Å². The van der Waals surface area contributed by atoms with Gasteiger partial charge in [-0.2, -0.15) is 0 Å². The van der Waals surface area contributed by atoms with Gasteiger partial charge >= 0.3 is 12.2 Å². The zero-order valence-electron chi connectivity index (χ0n) is 15.7. The van der Waals surface area contributed by atoms with E-state index in [1.807, 2.05) is 19.1 Å². The summed E-state index contributed by atoms with van der Waals surface area (Å²) in [5.74, 6) is 0. The van der Waals surface area contributed by atoms with Crippen LogP contribution in [-0.2, 0) is 9.47 Å². The average Bonchev–Trinajstić information content (AvgIpc) is 2.80. The monoisotopic (exact) mass is 348 g/mol. The standard InChI is InChI=1S/C17H24N4O4/c1-11-9-8-10-12-13(11)21(19-18-12)20(14(22)24-16(2,3)4)15(23)25-17(5,6)7/h8-10H,1-7H3. The van der Waals surface area contributed by atoms with Gasteiger partial charge in [0.25, 0.3) is 0 Å². The molecule has 0 saturated carbocycles. The summed E-state index contributed by atoms with van der Waals surface area (Å²) in [6, 6.07) is 5.40. The minimum atomic E-state index is -0.892. The summed E-state index contributed by atoms with van der Waals surface area (Å²) in [4.78, 5) is 26.4. The molecule has 0 aliphatic heterocycles. The van der Waals surface area contributed by atoms with Crippen LogP contribution in [0.5, 0.6) is 0 Å². The first kappa shape index (κ1) is 18.7. The topological polar surface area (TPSA) is 86.5 Å². The van der Waals surface area contributed by atoms with Crippen LogP contribution in [0.15, 0.2) is 18.2 Å². The summed E-state index contributed by atoms with van der Waals surface area (Å²) in [5, 5.41) is 8.68. The van der Waals surface area contributed by atoms with Crippen LogP contribution in [-0.4, -0.2) is 38.5 Å². The lowest BCUT2D eigenvalue weighted by atomic mass is 10.2. The van der Waals surface area contributed by atoms with Gasteiger partial charge in [-0.1, -0.05) is 17.1 Å². The van der Waals surface area contributed by atoms with Crippen molar-refractivity contribution in [2.24, 2.45) is 0 Å². The number of rotatable bonds is 1. The van der Waals surface area contributed by atoms with Crippen molar-refractivity contribution in [2.45, 2.75) is 59.7 Å². The van der Waals surface area contributed by atoms with Crippen LogP contribution in [0.2, 0.25) is 0 Å². The number of nitrogens with zero attached hydrogens (tertiary/aromatic N) is 4. The van der Waals surface area contributed by atoms with E-state index in [-0.39, 0.29) is 0 Å². The van der Waals surface area contributed by atoms with Crippen molar-refractivity contribution < 1.29 is 19.1 Å². The lowest BCUT2D eigenvalue weighted by Gasteiger charge is -2.28. The molecule has 0 spiro atoms. The first-order chi connectivity index (χ1) is 11.4. The number of carbonyl (C=O) groups excluding carboxylic acids is 2.